The van der Waals surface area contributed by atoms with Gasteiger partial charge in [-0.3, -0.25) is 14.4 Å². The van der Waals surface area contributed by atoms with Crippen LogP contribution in [0.15, 0.2) is 71.8 Å². The van der Waals surface area contributed by atoms with Crippen molar-refractivity contribution in [2.24, 2.45) is 22.6 Å². The molecule has 65 heavy (non-hydrogen) atoms. The van der Waals surface area contributed by atoms with Crippen molar-refractivity contribution in [3.05, 3.63) is 82.9 Å². The van der Waals surface area contributed by atoms with Crippen LogP contribution in [0.4, 0.5) is 0 Å². The van der Waals surface area contributed by atoms with Crippen LogP contribution >= 0.6 is 12.0 Å². The largest absolute Gasteiger partial charge is 0.455 e. The average molecular weight is 930 g/mol. The van der Waals surface area contributed by atoms with Gasteiger partial charge in [0.15, 0.2) is 18.0 Å². The van der Waals surface area contributed by atoms with E-state index < -0.39 is 119 Å². The zero-order valence-corrected chi connectivity index (χ0v) is 37.6. The number of fused-ring (bicyclic) bond motifs is 5. The molecule has 4 aliphatic rings. The van der Waals surface area contributed by atoms with Crippen molar-refractivity contribution in [3.8, 4) is 0 Å². The molecule has 2 saturated carbocycles. The van der Waals surface area contributed by atoms with E-state index >= 15 is 4.79 Å². The van der Waals surface area contributed by atoms with Crippen LogP contribution in [0.5, 0.6) is 0 Å². The molecule has 5 N–H and O–H groups in total. The lowest BCUT2D eigenvalue weighted by molar-refractivity contribution is -0.464. The molecule has 1 heterocycles. The van der Waals surface area contributed by atoms with E-state index in [0.29, 0.717) is 5.56 Å². The summed E-state index contributed by atoms with van der Waals surface area (Å²) in [7, 11) is 0. The number of carbonyl (C=O) groups is 6. The monoisotopic (exact) mass is 929 g/mol. The maximum absolute atomic E-state index is 15.1. The highest BCUT2D eigenvalue weighted by atomic mass is 32.2. The predicted molar refractivity (Wildman–Crippen MR) is 224 cm³/mol. The number of aliphatic hydroxyl groups excluding tert-OH is 2. The zero-order valence-electron chi connectivity index (χ0n) is 36.8. The Bertz CT molecular complexity index is 2140. The van der Waals surface area contributed by atoms with Gasteiger partial charge in [0.25, 0.3) is 0 Å². The van der Waals surface area contributed by atoms with Crippen molar-refractivity contribution < 1.29 is 86.9 Å². The first-order valence-corrected chi connectivity index (χ1v) is 22.0. The number of nitrogens with two attached hydrogens (primary N) is 1. The fraction of sp³-hybridized carbons (Fsp3) is 0.556. The highest BCUT2D eigenvalue weighted by Gasteiger charge is 2.78. The molecule has 20 heteroatoms. The van der Waals surface area contributed by atoms with Crippen molar-refractivity contribution >= 4 is 47.7 Å². The van der Waals surface area contributed by atoms with E-state index in [9.17, 15) is 39.3 Å². The number of benzene rings is 2. The molecule has 1 saturated heterocycles. The molecule has 2 bridgehead atoms. The van der Waals surface area contributed by atoms with Gasteiger partial charge in [-0.05, 0) is 54.1 Å². The van der Waals surface area contributed by atoms with Gasteiger partial charge in [-0.2, -0.15) is 5.90 Å². The van der Waals surface area contributed by atoms with Gasteiger partial charge in [0.1, 0.15) is 30.0 Å². The number of carbonyl (C=O) groups excluding carboxylic acids is 6. The van der Waals surface area contributed by atoms with Crippen molar-refractivity contribution in [2.45, 2.75) is 121 Å². The van der Waals surface area contributed by atoms with Gasteiger partial charge in [-0.1, -0.05) is 69.3 Å². The molecule has 3 fully saturated rings. The van der Waals surface area contributed by atoms with Crippen LogP contribution in [0.3, 0.4) is 0 Å². The molecular weight excluding hydrogens is 875 g/mol. The SMILES string of the molecule is CC(=O)O[C@@]12COC1C[C@H](O)[C@@]1(C)C(=O)[C@H](O)C3=C(C)[C@@H](OC(=O)[C@H](OC(=O)COC(=O)CCCSOOON)[C@@H](C)c4ccccc4)C[C@@](O)([C@@H](OC(=O)c4ccccc4)[C@@H]12)C3(C)C. The van der Waals surface area contributed by atoms with E-state index in [1.165, 1.54) is 26.0 Å². The second-order valence-corrected chi connectivity index (χ2v) is 18.3. The summed E-state index contributed by atoms with van der Waals surface area (Å²) in [4.78, 5) is 86.2. The van der Waals surface area contributed by atoms with Crippen LogP contribution < -0.4 is 5.90 Å². The van der Waals surface area contributed by atoms with E-state index in [1.54, 1.807) is 69.3 Å². The van der Waals surface area contributed by atoms with E-state index in [0.717, 1.165) is 19.0 Å². The number of esters is 5. The lowest BCUT2D eigenvalue weighted by atomic mass is 9.44. The summed E-state index contributed by atoms with van der Waals surface area (Å²) in [6.45, 7) is 7.56. The molecule has 11 atom stereocenters. The van der Waals surface area contributed by atoms with Crippen LogP contribution in [0.25, 0.3) is 0 Å². The summed E-state index contributed by atoms with van der Waals surface area (Å²) < 4.78 is 39.7. The number of ether oxygens (including phenoxy) is 6. The molecule has 0 radical (unpaired) electrons. The third-order valence-electron chi connectivity index (χ3n) is 13.5. The first-order chi connectivity index (χ1) is 30.7. The van der Waals surface area contributed by atoms with Gasteiger partial charge in [0, 0.05) is 55.3 Å². The van der Waals surface area contributed by atoms with E-state index in [1.807, 2.05) is 0 Å². The quantitative estimate of drug-likeness (QED) is 0.0338. The summed E-state index contributed by atoms with van der Waals surface area (Å²) in [6.07, 6.45) is -10.2. The molecular formula is C45H55NO18S. The topological polar surface area (TPSA) is 272 Å². The Kier molecular flexibility index (Phi) is 15.3. The molecule has 1 aliphatic heterocycles. The second-order valence-electron chi connectivity index (χ2n) is 17.5. The molecule has 0 aromatic heterocycles. The minimum Gasteiger partial charge on any atom is -0.455 e. The number of hydrogen-bond donors (Lipinski definition) is 4. The summed E-state index contributed by atoms with van der Waals surface area (Å²) in [5, 5.41) is 41.8. The number of hydrogen-bond acceptors (Lipinski definition) is 20. The van der Waals surface area contributed by atoms with Crippen LogP contribution in [0.1, 0.15) is 89.1 Å². The highest BCUT2D eigenvalue weighted by molar-refractivity contribution is 7.94. The highest BCUT2D eigenvalue weighted by Crippen LogP contribution is 2.64. The van der Waals surface area contributed by atoms with Gasteiger partial charge >= 0.3 is 29.8 Å². The summed E-state index contributed by atoms with van der Waals surface area (Å²) in [5.74, 6) is -3.03. The Hall–Kier alpha value is -4.77. The number of Topliss-reactive ketones (excluding diaryl/α,β-unsaturated/α-hetero) is 1. The Morgan fingerprint density at radius 2 is 1.63 bits per heavy atom. The number of rotatable bonds is 17. The Balaban J connectivity index is 1.38. The van der Waals surface area contributed by atoms with E-state index in [-0.39, 0.29) is 48.3 Å². The van der Waals surface area contributed by atoms with Gasteiger partial charge in [0.2, 0.25) is 6.10 Å². The molecule has 2 aromatic rings. The van der Waals surface area contributed by atoms with Crippen molar-refractivity contribution in [2.75, 3.05) is 19.0 Å². The van der Waals surface area contributed by atoms with Gasteiger partial charge < -0.3 is 43.7 Å². The Morgan fingerprint density at radius 3 is 2.25 bits per heavy atom. The van der Waals surface area contributed by atoms with Crippen molar-refractivity contribution in [1.82, 2.24) is 0 Å². The summed E-state index contributed by atoms with van der Waals surface area (Å²) >= 11 is 0.807. The second kappa shape index (κ2) is 20.0. The third kappa shape index (κ3) is 9.46. The summed E-state index contributed by atoms with van der Waals surface area (Å²) in [6, 6.07) is 16.4. The molecule has 19 nitrogen and oxygen atoms in total. The summed E-state index contributed by atoms with van der Waals surface area (Å²) in [5.41, 5.74) is -7.12. The van der Waals surface area contributed by atoms with Crippen LogP contribution in [-0.4, -0.2) is 118 Å². The maximum Gasteiger partial charge on any atom is 0.348 e. The molecule has 0 spiro atoms. The standard InChI is InChI=1S/C45H55NO18S/c1-24(27-14-9-7-10-15-27)36(59-33(50)22-56-32(49)18-13-19-65-64-63-62-46)41(54)58-29-21-45(55)39(60-40(53)28-16-11-8-12-17-28)37-43(6,38(52)35(51)34(25(29)2)42(45,4)5)30(48)20-31-44(37,23-57-31)61-26(3)47/h7-12,14-17,24,29-31,35-37,39,48,51,55H,13,18-23,46H2,1-6H3/t24-,29-,30-,31?,35+,36+,37-,39-,43+,44-,45+/m0/s1. The van der Waals surface area contributed by atoms with Gasteiger partial charge in [-0.15, -0.1) is 9.32 Å². The van der Waals surface area contributed by atoms with Crippen molar-refractivity contribution in [3.63, 3.8) is 0 Å². The van der Waals surface area contributed by atoms with E-state index in [4.69, 9.17) is 28.4 Å². The fourth-order valence-corrected chi connectivity index (χ4v) is 10.4. The van der Waals surface area contributed by atoms with Crippen LogP contribution in [0.2, 0.25) is 0 Å². The predicted octanol–water partition coefficient (Wildman–Crippen LogP) is 3.07. The van der Waals surface area contributed by atoms with Crippen molar-refractivity contribution in [1.29, 1.82) is 0 Å². The molecule has 1 unspecified atom stereocenters. The van der Waals surface area contributed by atoms with E-state index in [2.05, 4.69) is 20.3 Å². The average Bonchev–Trinajstić information content (AvgIpc) is 3.27. The normalized spacial score (nSPS) is 31.0. The van der Waals surface area contributed by atoms with Gasteiger partial charge in [-0.25, -0.2) is 14.4 Å². The lowest BCUT2D eigenvalue weighted by Crippen LogP contribution is -2.81. The molecule has 0 amide bonds. The lowest BCUT2D eigenvalue weighted by Gasteiger charge is -2.67. The maximum atomic E-state index is 15.1. The molecule has 3 aliphatic carbocycles. The van der Waals surface area contributed by atoms with Crippen LogP contribution in [0, 0.1) is 16.7 Å². The third-order valence-corrected chi connectivity index (χ3v) is 14.1. The zero-order chi connectivity index (χ0) is 47.5. The number of ketones is 1. The Morgan fingerprint density at radius 1 is 0.969 bits per heavy atom. The fourth-order valence-electron chi connectivity index (χ4n) is 10.00. The van der Waals surface area contributed by atoms with Gasteiger partial charge in [0.05, 0.1) is 29.6 Å². The molecule has 6 rings (SSSR count). The van der Waals surface area contributed by atoms with Crippen LogP contribution in [-0.2, 0) is 66.8 Å². The first kappa shape index (κ1) is 49.7. The smallest absolute Gasteiger partial charge is 0.348 e. The minimum absolute atomic E-state index is 0.0665. The first-order valence-electron chi connectivity index (χ1n) is 21.1. The Labute approximate surface area is 379 Å². The minimum atomic E-state index is -2.38. The molecule has 354 valence electrons. The number of aliphatic hydroxyl groups is 3. The molecule has 2 aromatic carbocycles.